The third kappa shape index (κ3) is 3.03. The second kappa shape index (κ2) is 6.09. The minimum absolute atomic E-state index is 0.129. The van der Waals surface area contributed by atoms with Crippen LogP contribution in [0.5, 0.6) is 0 Å². The molecule has 4 nitrogen and oxygen atoms in total. The van der Waals surface area contributed by atoms with E-state index in [0.29, 0.717) is 23.2 Å². The zero-order valence-electron chi connectivity index (χ0n) is 10.5. The Morgan fingerprint density at radius 2 is 2.26 bits per heavy atom. The number of carboxylic acids is 1. The fourth-order valence-electron chi connectivity index (χ4n) is 2.31. The van der Waals surface area contributed by atoms with E-state index >= 15 is 0 Å². The van der Waals surface area contributed by atoms with Crippen LogP contribution >= 0.6 is 23.2 Å². The van der Waals surface area contributed by atoms with Crippen molar-refractivity contribution in [2.45, 2.75) is 19.0 Å². The first-order chi connectivity index (χ1) is 9.02. The van der Waals surface area contributed by atoms with E-state index in [1.165, 1.54) is 0 Å². The lowest BCUT2D eigenvalue weighted by atomic mass is 10.0. The molecule has 0 spiro atoms. The number of carbonyl (C=O) groups is 1. The minimum Gasteiger partial charge on any atom is -0.480 e. The number of ether oxygens (including phenoxy) is 1. The Labute approximate surface area is 121 Å². The molecule has 0 aromatic heterocycles. The van der Waals surface area contributed by atoms with Gasteiger partial charge in [0.1, 0.15) is 6.04 Å². The summed E-state index contributed by atoms with van der Waals surface area (Å²) in [6.07, 6.45) is 0. The Hall–Kier alpha value is -0.810. The maximum atomic E-state index is 11.3. The summed E-state index contributed by atoms with van der Waals surface area (Å²) in [7, 11) is 0. The summed E-state index contributed by atoms with van der Waals surface area (Å²) in [4.78, 5) is 13.2. The van der Waals surface area contributed by atoms with Crippen molar-refractivity contribution in [1.29, 1.82) is 0 Å². The third-order valence-electron chi connectivity index (χ3n) is 3.38. The molecule has 2 atom stereocenters. The van der Waals surface area contributed by atoms with Crippen molar-refractivity contribution in [2.24, 2.45) is 0 Å². The van der Waals surface area contributed by atoms with Crippen LogP contribution in [0.25, 0.3) is 0 Å². The maximum Gasteiger partial charge on any atom is 0.323 e. The second-order valence-corrected chi connectivity index (χ2v) is 5.27. The highest BCUT2D eigenvalue weighted by Crippen LogP contribution is 2.33. The molecule has 2 unspecified atom stereocenters. The number of aliphatic carboxylic acids is 1. The van der Waals surface area contributed by atoms with Crippen LogP contribution in [-0.4, -0.2) is 41.8 Å². The number of morpholine rings is 1. The van der Waals surface area contributed by atoms with Gasteiger partial charge in [0.25, 0.3) is 0 Å². The Morgan fingerprint density at radius 1 is 1.53 bits per heavy atom. The summed E-state index contributed by atoms with van der Waals surface area (Å²) >= 11 is 12.2. The van der Waals surface area contributed by atoms with Crippen LogP contribution < -0.4 is 0 Å². The van der Waals surface area contributed by atoms with Gasteiger partial charge < -0.3 is 9.84 Å². The number of halogens is 2. The Bertz CT molecular complexity index is 481. The highest BCUT2D eigenvalue weighted by atomic mass is 35.5. The number of benzene rings is 1. The van der Waals surface area contributed by atoms with Crippen molar-refractivity contribution < 1.29 is 14.6 Å². The van der Waals surface area contributed by atoms with Crippen molar-refractivity contribution in [3.63, 3.8) is 0 Å². The molecule has 0 amide bonds. The van der Waals surface area contributed by atoms with Gasteiger partial charge in [-0.25, -0.2) is 0 Å². The smallest absolute Gasteiger partial charge is 0.323 e. The van der Waals surface area contributed by atoms with Gasteiger partial charge in [0.15, 0.2) is 0 Å². The molecule has 1 fully saturated rings. The molecular formula is C13H15Cl2NO3. The molecule has 1 heterocycles. The number of hydrogen-bond donors (Lipinski definition) is 1. The molecule has 104 valence electrons. The minimum atomic E-state index is -0.885. The molecule has 1 aliphatic rings. The van der Waals surface area contributed by atoms with Crippen LogP contribution in [0.1, 0.15) is 18.5 Å². The number of nitrogens with zero attached hydrogens (tertiary/aromatic N) is 1. The van der Waals surface area contributed by atoms with E-state index in [9.17, 15) is 9.90 Å². The molecule has 0 saturated carbocycles. The molecule has 1 aromatic rings. The second-order valence-electron chi connectivity index (χ2n) is 4.49. The van der Waals surface area contributed by atoms with E-state index in [1.54, 1.807) is 6.07 Å². The monoisotopic (exact) mass is 303 g/mol. The van der Waals surface area contributed by atoms with Gasteiger partial charge >= 0.3 is 5.97 Å². The number of carboxylic acid groups (broad SMARTS) is 1. The fourth-order valence-corrected chi connectivity index (χ4v) is 2.78. The van der Waals surface area contributed by atoms with E-state index in [-0.39, 0.29) is 12.6 Å². The highest BCUT2D eigenvalue weighted by molar-refractivity contribution is 6.42. The van der Waals surface area contributed by atoms with Crippen molar-refractivity contribution in [3.05, 3.63) is 33.8 Å². The zero-order chi connectivity index (χ0) is 14.0. The van der Waals surface area contributed by atoms with Crippen LogP contribution in [0.15, 0.2) is 18.2 Å². The van der Waals surface area contributed by atoms with Gasteiger partial charge in [-0.2, -0.15) is 0 Å². The largest absolute Gasteiger partial charge is 0.480 e. The molecule has 1 N–H and O–H groups in total. The average molecular weight is 304 g/mol. The molecular weight excluding hydrogens is 289 g/mol. The maximum absolute atomic E-state index is 11.3. The quantitative estimate of drug-likeness (QED) is 0.933. The lowest BCUT2D eigenvalue weighted by Crippen LogP contribution is -2.50. The van der Waals surface area contributed by atoms with Gasteiger partial charge in [0, 0.05) is 12.6 Å². The van der Waals surface area contributed by atoms with Crippen LogP contribution in [0, 0.1) is 0 Å². The Kier molecular flexibility index (Phi) is 4.68. The summed E-state index contributed by atoms with van der Waals surface area (Å²) in [6.45, 7) is 3.20. The summed E-state index contributed by atoms with van der Waals surface area (Å²) in [5.41, 5.74) is 0.835. The van der Waals surface area contributed by atoms with E-state index in [4.69, 9.17) is 27.9 Å². The number of hydrogen-bond acceptors (Lipinski definition) is 3. The van der Waals surface area contributed by atoms with Crippen molar-refractivity contribution in [1.82, 2.24) is 4.90 Å². The molecule has 0 aliphatic carbocycles. The van der Waals surface area contributed by atoms with Crippen LogP contribution in [0.4, 0.5) is 0 Å². The summed E-state index contributed by atoms with van der Waals surface area (Å²) in [6, 6.07) is 4.62. The Balaban J connectivity index is 2.28. The number of rotatable bonds is 3. The van der Waals surface area contributed by atoms with Crippen LogP contribution in [0.3, 0.4) is 0 Å². The van der Waals surface area contributed by atoms with Crippen molar-refractivity contribution in [2.75, 3.05) is 19.8 Å². The van der Waals surface area contributed by atoms with Gasteiger partial charge in [-0.3, -0.25) is 9.69 Å². The normalized spacial score (nSPS) is 22.2. The third-order valence-corrected chi connectivity index (χ3v) is 4.22. The molecule has 19 heavy (non-hydrogen) atoms. The molecule has 1 aromatic carbocycles. The Morgan fingerprint density at radius 3 is 2.95 bits per heavy atom. The first kappa shape index (κ1) is 14.6. The standard InChI is InChI=1S/C13H15Cl2NO3/c1-8(9-3-2-4-10(14)12(9)15)16-5-6-19-7-11(16)13(17)18/h2-4,8,11H,5-7H2,1H3,(H,17,18). The molecule has 1 saturated heterocycles. The topological polar surface area (TPSA) is 49.8 Å². The SMILES string of the molecule is CC(c1cccc(Cl)c1Cl)N1CCOCC1C(=O)O. The lowest BCUT2D eigenvalue weighted by molar-refractivity contribution is -0.151. The first-order valence-corrected chi connectivity index (χ1v) is 6.78. The highest BCUT2D eigenvalue weighted by Gasteiger charge is 2.33. The van der Waals surface area contributed by atoms with Crippen molar-refractivity contribution >= 4 is 29.2 Å². The molecule has 6 heteroatoms. The van der Waals surface area contributed by atoms with Crippen molar-refractivity contribution in [3.8, 4) is 0 Å². The van der Waals surface area contributed by atoms with Gasteiger partial charge in [-0.15, -0.1) is 0 Å². The van der Waals surface area contributed by atoms with Gasteiger partial charge in [0.2, 0.25) is 0 Å². The van der Waals surface area contributed by atoms with E-state index in [0.717, 1.165) is 5.56 Å². The predicted octanol–water partition coefficient (Wildman–Crippen LogP) is 2.84. The summed E-state index contributed by atoms with van der Waals surface area (Å²) < 4.78 is 5.23. The van der Waals surface area contributed by atoms with E-state index < -0.39 is 12.0 Å². The zero-order valence-corrected chi connectivity index (χ0v) is 12.0. The van der Waals surface area contributed by atoms with E-state index in [2.05, 4.69) is 0 Å². The van der Waals surface area contributed by atoms with Gasteiger partial charge in [-0.05, 0) is 18.6 Å². The first-order valence-electron chi connectivity index (χ1n) is 6.02. The molecule has 2 rings (SSSR count). The van der Waals surface area contributed by atoms with Gasteiger partial charge in [0.05, 0.1) is 23.3 Å². The fraction of sp³-hybridized carbons (Fsp3) is 0.462. The summed E-state index contributed by atoms with van der Waals surface area (Å²) in [5.74, 6) is -0.885. The van der Waals surface area contributed by atoms with Crippen LogP contribution in [0.2, 0.25) is 10.0 Å². The average Bonchev–Trinajstić information content (AvgIpc) is 2.41. The van der Waals surface area contributed by atoms with Gasteiger partial charge in [-0.1, -0.05) is 35.3 Å². The molecule has 0 radical (unpaired) electrons. The van der Waals surface area contributed by atoms with E-state index in [1.807, 2.05) is 24.0 Å². The molecule has 1 aliphatic heterocycles. The van der Waals surface area contributed by atoms with Crippen LogP contribution in [-0.2, 0) is 9.53 Å². The predicted molar refractivity (Wildman–Crippen MR) is 73.8 cm³/mol. The lowest BCUT2D eigenvalue weighted by Gasteiger charge is -2.37. The molecule has 0 bridgehead atoms. The summed E-state index contributed by atoms with van der Waals surface area (Å²) in [5, 5.41) is 10.2.